The van der Waals surface area contributed by atoms with Crippen molar-refractivity contribution in [3.63, 3.8) is 0 Å². The van der Waals surface area contributed by atoms with E-state index in [0.717, 1.165) is 41.7 Å². The smallest absolute Gasteiger partial charge is 0.220 e. The number of ether oxygens (including phenoxy) is 1. The van der Waals surface area contributed by atoms with Gasteiger partial charge in [-0.15, -0.1) is 0 Å². The van der Waals surface area contributed by atoms with E-state index in [2.05, 4.69) is 19.9 Å². The largest absolute Gasteiger partial charge is 0.488 e. The molecule has 0 spiro atoms. The van der Waals surface area contributed by atoms with E-state index in [1.165, 1.54) is 0 Å². The molecule has 4 rings (SSSR count). The van der Waals surface area contributed by atoms with Crippen molar-refractivity contribution in [2.45, 2.75) is 51.7 Å². The van der Waals surface area contributed by atoms with Crippen molar-refractivity contribution in [3.05, 3.63) is 24.0 Å². The molecule has 0 radical (unpaired) electrons. The van der Waals surface area contributed by atoms with Gasteiger partial charge in [0.25, 0.3) is 0 Å². The summed E-state index contributed by atoms with van der Waals surface area (Å²) >= 11 is 0. The van der Waals surface area contributed by atoms with Gasteiger partial charge in [-0.05, 0) is 38.8 Å². The quantitative estimate of drug-likeness (QED) is 0.688. The van der Waals surface area contributed by atoms with Crippen LogP contribution in [0.4, 0.5) is 0 Å². The molecule has 1 aromatic carbocycles. The summed E-state index contributed by atoms with van der Waals surface area (Å²) in [6, 6.07) is 4.40. The Morgan fingerprint density at radius 2 is 2.32 bits per heavy atom. The number of imidazole rings is 1. The van der Waals surface area contributed by atoms with Gasteiger partial charge < -0.3 is 20.0 Å². The van der Waals surface area contributed by atoms with Gasteiger partial charge in [0.15, 0.2) is 0 Å². The van der Waals surface area contributed by atoms with Crippen molar-refractivity contribution in [3.8, 4) is 5.75 Å². The lowest BCUT2D eigenvalue weighted by molar-refractivity contribution is -0.119. The van der Waals surface area contributed by atoms with Crippen molar-refractivity contribution < 1.29 is 9.53 Å². The molecule has 0 bridgehead atoms. The van der Waals surface area contributed by atoms with Gasteiger partial charge in [-0.25, -0.2) is 4.98 Å². The number of aromatic nitrogens is 2. The standard InChI is InChI=1S/C21H27N5O2/c1-3-23-7-6-17(22)14-8-18-21(26(12-25-18)16-4-5-16)19(9-14)28-13(2)15-10-20(27)24-11-15/h7-9,12-13,15-16,22H,3-6,10-11H2,1-2H3,(H,24,27). The third-order valence-electron chi connectivity index (χ3n) is 5.52. The van der Waals surface area contributed by atoms with E-state index in [4.69, 9.17) is 10.1 Å². The number of amides is 1. The zero-order valence-electron chi connectivity index (χ0n) is 16.4. The first-order valence-electron chi connectivity index (χ1n) is 10.1. The van der Waals surface area contributed by atoms with Crippen LogP contribution in [-0.2, 0) is 4.79 Å². The maximum absolute atomic E-state index is 11.6. The summed E-state index contributed by atoms with van der Waals surface area (Å²) in [5.74, 6) is 0.986. The number of carbonyl (C=O) groups is 1. The average molecular weight is 381 g/mol. The van der Waals surface area contributed by atoms with Gasteiger partial charge in [-0.2, -0.15) is 0 Å². The minimum Gasteiger partial charge on any atom is -0.488 e. The first-order valence-corrected chi connectivity index (χ1v) is 10.1. The topological polar surface area (TPSA) is 92.4 Å². The highest BCUT2D eigenvalue weighted by atomic mass is 16.5. The van der Waals surface area contributed by atoms with E-state index in [1.54, 1.807) is 6.21 Å². The summed E-state index contributed by atoms with van der Waals surface area (Å²) in [5, 5.41) is 11.3. The molecule has 2 unspecified atom stereocenters. The summed E-state index contributed by atoms with van der Waals surface area (Å²) in [6.45, 7) is 5.36. The predicted octanol–water partition coefficient (Wildman–Crippen LogP) is 3.12. The van der Waals surface area contributed by atoms with Gasteiger partial charge >= 0.3 is 0 Å². The zero-order chi connectivity index (χ0) is 19.7. The summed E-state index contributed by atoms with van der Waals surface area (Å²) in [4.78, 5) is 20.4. The highest BCUT2D eigenvalue weighted by Gasteiger charge is 2.30. The Bertz CT molecular complexity index is 928. The van der Waals surface area contributed by atoms with Crippen LogP contribution in [0.5, 0.6) is 5.75 Å². The second-order valence-corrected chi connectivity index (χ2v) is 7.68. The highest BCUT2D eigenvalue weighted by molar-refractivity contribution is 6.07. The number of rotatable bonds is 8. The minimum atomic E-state index is -0.101. The monoisotopic (exact) mass is 381 g/mol. The van der Waals surface area contributed by atoms with E-state index in [-0.39, 0.29) is 17.9 Å². The van der Waals surface area contributed by atoms with Crippen LogP contribution < -0.4 is 10.1 Å². The summed E-state index contributed by atoms with van der Waals surface area (Å²) in [6.07, 6.45) is 6.86. The van der Waals surface area contributed by atoms with E-state index >= 15 is 0 Å². The Labute approximate surface area is 164 Å². The fourth-order valence-corrected chi connectivity index (χ4v) is 3.69. The van der Waals surface area contributed by atoms with Crippen LogP contribution >= 0.6 is 0 Å². The molecule has 7 nitrogen and oxygen atoms in total. The Hall–Kier alpha value is -2.70. The van der Waals surface area contributed by atoms with Crippen LogP contribution in [0.3, 0.4) is 0 Å². The highest BCUT2D eigenvalue weighted by Crippen LogP contribution is 2.40. The molecule has 1 saturated heterocycles. The molecule has 1 aliphatic heterocycles. The third-order valence-corrected chi connectivity index (χ3v) is 5.52. The predicted molar refractivity (Wildman–Crippen MR) is 110 cm³/mol. The fraction of sp³-hybridized carbons (Fsp3) is 0.524. The summed E-state index contributed by atoms with van der Waals surface area (Å²) in [5.41, 5.74) is 3.14. The van der Waals surface area contributed by atoms with E-state index < -0.39 is 0 Å². The molecule has 1 aromatic heterocycles. The lowest BCUT2D eigenvalue weighted by Crippen LogP contribution is -2.26. The van der Waals surface area contributed by atoms with Crippen molar-refractivity contribution in [2.24, 2.45) is 10.9 Å². The van der Waals surface area contributed by atoms with Crippen molar-refractivity contribution in [1.82, 2.24) is 14.9 Å². The van der Waals surface area contributed by atoms with Crippen molar-refractivity contribution in [2.75, 3.05) is 13.1 Å². The zero-order valence-corrected chi connectivity index (χ0v) is 16.4. The molecule has 1 saturated carbocycles. The van der Waals surface area contributed by atoms with Gasteiger partial charge in [0.05, 0.1) is 11.8 Å². The van der Waals surface area contributed by atoms with Gasteiger partial charge in [0, 0.05) is 55.4 Å². The number of hydrogen-bond donors (Lipinski definition) is 2. The number of aliphatic imine (C=N–C) groups is 1. The van der Waals surface area contributed by atoms with Crippen molar-refractivity contribution in [1.29, 1.82) is 5.41 Å². The van der Waals surface area contributed by atoms with Gasteiger partial charge in [-0.3, -0.25) is 9.79 Å². The number of carbonyl (C=O) groups excluding carboxylic acids is 1. The first-order chi connectivity index (χ1) is 13.6. The maximum atomic E-state index is 11.6. The normalized spacial score (nSPS) is 20.6. The van der Waals surface area contributed by atoms with E-state index in [9.17, 15) is 4.79 Å². The van der Waals surface area contributed by atoms with Gasteiger partial charge in [0.1, 0.15) is 17.4 Å². The van der Waals surface area contributed by atoms with Crippen LogP contribution in [0.25, 0.3) is 11.0 Å². The Morgan fingerprint density at radius 3 is 3.00 bits per heavy atom. The minimum absolute atomic E-state index is 0.0827. The SMILES string of the molecule is CCN=CCC(=N)c1cc(OC(C)C2CNC(=O)C2)c2c(c1)ncn2C1CC1. The van der Waals surface area contributed by atoms with E-state index in [0.29, 0.717) is 31.1 Å². The molecule has 2 N–H and O–H groups in total. The van der Waals surface area contributed by atoms with Crippen LogP contribution in [-0.4, -0.2) is 46.6 Å². The van der Waals surface area contributed by atoms with Crippen LogP contribution in [0.2, 0.25) is 0 Å². The lowest BCUT2D eigenvalue weighted by atomic mass is 10.0. The molecular formula is C21H27N5O2. The number of nitrogens with one attached hydrogen (secondary N) is 2. The Kier molecular flexibility index (Phi) is 5.15. The van der Waals surface area contributed by atoms with Crippen LogP contribution in [0.15, 0.2) is 23.5 Å². The summed E-state index contributed by atoms with van der Waals surface area (Å²) in [7, 11) is 0. The average Bonchev–Trinajstić information content (AvgIpc) is 3.28. The molecule has 2 heterocycles. The molecule has 1 aliphatic carbocycles. The number of benzene rings is 1. The molecule has 2 atom stereocenters. The van der Waals surface area contributed by atoms with Crippen LogP contribution in [0.1, 0.15) is 51.1 Å². The summed E-state index contributed by atoms with van der Waals surface area (Å²) < 4.78 is 8.57. The molecule has 148 valence electrons. The van der Waals surface area contributed by atoms with Gasteiger partial charge in [0.2, 0.25) is 5.91 Å². The molecule has 1 amide bonds. The number of fused-ring (bicyclic) bond motifs is 1. The fourth-order valence-electron chi connectivity index (χ4n) is 3.69. The Balaban J connectivity index is 1.66. The second-order valence-electron chi connectivity index (χ2n) is 7.68. The molecule has 28 heavy (non-hydrogen) atoms. The number of nitrogens with zero attached hydrogens (tertiary/aromatic N) is 3. The van der Waals surface area contributed by atoms with E-state index in [1.807, 2.05) is 32.3 Å². The van der Waals surface area contributed by atoms with Crippen LogP contribution in [0, 0.1) is 11.3 Å². The molecule has 2 fully saturated rings. The molecule has 2 aliphatic rings. The molecular weight excluding hydrogens is 354 g/mol. The van der Waals surface area contributed by atoms with Gasteiger partial charge in [-0.1, -0.05) is 0 Å². The first kappa shape index (κ1) is 18.7. The molecule has 2 aromatic rings. The number of hydrogen-bond acceptors (Lipinski definition) is 5. The lowest BCUT2D eigenvalue weighted by Gasteiger charge is -2.21. The third kappa shape index (κ3) is 3.79. The second kappa shape index (κ2) is 7.73. The maximum Gasteiger partial charge on any atom is 0.220 e. The molecule has 7 heteroatoms. The Morgan fingerprint density at radius 1 is 1.50 bits per heavy atom. The van der Waals surface area contributed by atoms with Crippen molar-refractivity contribution >= 4 is 28.9 Å².